The van der Waals surface area contributed by atoms with E-state index in [1.54, 1.807) is 4.68 Å². The highest BCUT2D eigenvalue weighted by atomic mass is 16.6. The van der Waals surface area contributed by atoms with Crippen molar-refractivity contribution >= 4 is 5.91 Å². The number of fused-ring (bicyclic) bond motifs is 3. The predicted octanol–water partition coefficient (Wildman–Crippen LogP) is 0.670. The van der Waals surface area contributed by atoms with E-state index in [0.717, 1.165) is 24.1 Å². The van der Waals surface area contributed by atoms with Crippen LogP contribution in [-0.4, -0.2) is 45.2 Å². The van der Waals surface area contributed by atoms with Crippen LogP contribution < -0.4 is 10.0 Å². The van der Waals surface area contributed by atoms with Gasteiger partial charge in [0.2, 0.25) is 12.0 Å². The average molecular weight is 387 g/mol. The summed E-state index contributed by atoms with van der Waals surface area (Å²) in [4.78, 5) is 17.3. The van der Waals surface area contributed by atoms with Crippen molar-refractivity contribution in [3.63, 3.8) is 0 Å². The van der Waals surface area contributed by atoms with Crippen LogP contribution in [0.1, 0.15) is 54.9 Å². The van der Waals surface area contributed by atoms with Crippen molar-refractivity contribution in [1.82, 2.24) is 20.1 Å². The summed E-state index contributed by atoms with van der Waals surface area (Å²) < 4.78 is 7.33. The van der Waals surface area contributed by atoms with E-state index in [2.05, 4.69) is 15.4 Å². The summed E-state index contributed by atoms with van der Waals surface area (Å²) in [7, 11) is 1.40. The molecule has 2 aromatic rings. The van der Waals surface area contributed by atoms with Gasteiger partial charge < -0.3 is 20.4 Å². The van der Waals surface area contributed by atoms with Gasteiger partial charge in [-0.3, -0.25) is 4.79 Å². The molecule has 4 atom stereocenters. The van der Waals surface area contributed by atoms with Crippen LogP contribution in [0.2, 0.25) is 0 Å². The Hall–Kier alpha value is -2.52. The molecule has 9 heteroatoms. The van der Waals surface area contributed by atoms with Crippen LogP contribution in [0.15, 0.2) is 18.6 Å². The highest BCUT2D eigenvalue weighted by molar-refractivity contribution is 5.94. The molecule has 28 heavy (non-hydrogen) atoms. The van der Waals surface area contributed by atoms with Crippen LogP contribution >= 0.6 is 0 Å². The van der Waals surface area contributed by atoms with Crippen LogP contribution in [0, 0.1) is 16.5 Å². The molecule has 2 heterocycles. The van der Waals surface area contributed by atoms with Crippen LogP contribution in [-0.2, 0) is 11.2 Å². The highest BCUT2D eigenvalue weighted by Gasteiger charge is 2.50. The first-order valence-corrected chi connectivity index (χ1v) is 9.39. The van der Waals surface area contributed by atoms with Crippen LogP contribution in [0.3, 0.4) is 0 Å². The Morgan fingerprint density at radius 1 is 1.50 bits per heavy atom. The van der Waals surface area contributed by atoms with Crippen LogP contribution in [0.25, 0.3) is 5.82 Å². The number of carbonyl (C=O) groups excluding carboxylic acids is 1. The number of amides is 1. The minimum atomic E-state index is -1.14. The molecule has 0 aromatic carbocycles. The fraction of sp³-hybridized carbons (Fsp3) is 0.579. The molecule has 0 spiro atoms. The van der Waals surface area contributed by atoms with Gasteiger partial charge in [-0.05, 0) is 24.2 Å². The van der Waals surface area contributed by atoms with Crippen molar-refractivity contribution in [2.75, 3.05) is 7.11 Å². The Kier molecular flexibility index (Phi) is 4.39. The SMILES string of the molecule is COC(O)C(NC(=O)c1nn(-c2c[n+]([O-])ccn2)c2c1CC1CC21)C(C)(C)C. The van der Waals surface area contributed by atoms with Crippen molar-refractivity contribution < 1.29 is 19.4 Å². The van der Waals surface area contributed by atoms with E-state index in [4.69, 9.17) is 4.74 Å². The number of nitrogens with one attached hydrogen (secondary N) is 1. The number of carbonyl (C=O) groups is 1. The van der Waals surface area contributed by atoms with Gasteiger partial charge in [-0.25, -0.2) is 9.67 Å². The summed E-state index contributed by atoms with van der Waals surface area (Å²) >= 11 is 0. The number of aliphatic hydroxyl groups is 1. The minimum absolute atomic E-state index is 0.322. The fourth-order valence-electron chi connectivity index (χ4n) is 4.01. The molecule has 1 fully saturated rings. The summed E-state index contributed by atoms with van der Waals surface area (Å²) in [6.45, 7) is 5.75. The lowest BCUT2D eigenvalue weighted by atomic mass is 9.86. The van der Waals surface area contributed by atoms with Gasteiger partial charge in [0.1, 0.15) is 0 Å². The maximum atomic E-state index is 13.1. The zero-order chi connectivity index (χ0) is 20.2. The number of aliphatic hydroxyl groups excluding tert-OH is 1. The van der Waals surface area contributed by atoms with Gasteiger partial charge >= 0.3 is 0 Å². The molecule has 2 aliphatic rings. The molecular weight excluding hydrogens is 362 g/mol. The van der Waals surface area contributed by atoms with Gasteiger partial charge in [-0.15, -0.1) is 0 Å². The van der Waals surface area contributed by atoms with E-state index in [1.807, 2.05) is 20.8 Å². The minimum Gasteiger partial charge on any atom is -0.619 e. The van der Waals surface area contributed by atoms with E-state index < -0.39 is 17.7 Å². The lowest BCUT2D eigenvalue weighted by Crippen LogP contribution is -2.52. The third kappa shape index (κ3) is 3.14. The molecule has 0 aliphatic heterocycles. The maximum Gasteiger partial charge on any atom is 0.272 e. The second-order valence-electron chi connectivity index (χ2n) is 8.65. The Morgan fingerprint density at radius 3 is 2.89 bits per heavy atom. The summed E-state index contributed by atoms with van der Waals surface area (Å²) in [6, 6.07) is -0.611. The van der Waals surface area contributed by atoms with Gasteiger partial charge in [-0.2, -0.15) is 9.83 Å². The average Bonchev–Trinajstić information content (AvgIpc) is 3.13. The number of ether oxygens (including phenoxy) is 1. The summed E-state index contributed by atoms with van der Waals surface area (Å²) in [5.74, 6) is 0.911. The summed E-state index contributed by atoms with van der Waals surface area (Å²) in [5, 5.41) is 29.3. The first-order valence-electron chi connectivity index (χ1n) is 9.39. The second-order valence-corrected chi connectivity index (χ2v) is 8.65. The molecule has 2 N–H and O–H groups in total. The lowest BCUT2D eigenvalue weighted by Gasteiger charge is -2.34. The third-order valence-electron chi connectivity index (χ3n) is 5.60. The zero-order valence-corrected chi connectivity index (χ0v) is 16.4. The van der Waals surface area contributed by atoms with Crippen molar-refractivity contribution in [2.24, 2.45) is 11.3 Å². The molecule has 150 valence electrons. The molecule has 1 saturated carbocycles. The zero-order valence-electron chi connectivity index (χ0n) is 16.4. The lowest BCUT2D eigenvalue weighted by molar-refractivity contribution is -0.605. The molecule has 4 unspecified atom stereocenters. The standard InChI is InChI=1S/C19H25N5O4/c1-19(2,3)16(18(26)28-4)21-17(25)14-12-8-10-7-11(10)15(12)24(22-14)13-9-23(27)6-5-20-13/h5-6,9-11,16,18,26H,7-8H2,1-4H3,(H,21,25). The Morgan fingerprint density at radius 2 is 2.25 bits per heavy atom. The fourth-order valence-corrected chi connectivity index (χ4v) is 4.01. The number of hydrogen-bond acceptors (Lipinski definition) is 6. The monoisotopic (exact) mass is 387 g/mol. The van der Waals surface area contributed by atoms with E-state index >= 15 is 0 Å². The number of nitrogens with zero attached hydrogens (tertiary/aromatic N) is 4. The van der Waals surface area contributed by atoms with Gasteiger partial charge in [-0.1, -0.05) is 20.8 Å². The number of methoxy groups -OCH3 is 1. The van der Waals surface area contributed by atoms with Gasteiger partial charge in [0, 0.05) is 18.6 Å². The number of hydrogen-bond donors (Lipinski definition) is 2. The first-order chi connectivity index (χ1) is 13.2. The Bertz CT molecular complexity index is 920. The summed E-state index contributed by atoms with van der Waals surface area (Å²) in [5.41, 5.74) is 1.77. The molecule has 4 rings (SSSR count). The van der Waals surface area contributed by atoms with Gasteiger partial charge in [0.05, 0.1) is 17.9 Å². The molecule has 2 aromatic heterocycles. The third-order valence-corrected chi connectivity index (χ3v) is 5.60. The molecule has 0 saturated heterocycles. The van der Waals surface area contributed by atoms with Crippen molar-refractivity contribution in [2.45, 2.75) is 51.9 Å². The molecule has 0 radical (unpaired) electrons. The van der Waals surface area contributed by atoms with Crippen molar-refractivity contribution in [3.8, 4) is 5.82 Å². The molecule has 2 aliphatic carbocycles. The van der Waals surface area contributed by atoms with Crippen LogP contribution in [0.4, 0.5) is 0 Å². The first kappa shape index (κ1) is 18.8. The quantitative estimate of drug-likeness (QED) is 0.443. The predicted molar refractivity (Wildman–Crippen MR) is 98.6 cm³/mol. The number of rotatable bonds is 5. The largest absolute Gasteiger partial charge is 0.619 e. The normalized spacial score (nSPS) is 22.3. The molecule has 0 bridgehead atoms. The Balaban J connectivity index is 1.70. The molecular formula is C19H25N5O4. The highest BCUT2D eigenvalue weighted by Crippen LogP contribution is 2.57. The Labute approximate surface area is 162 Å². The van der Waals surface area contributed by atoms with E-state index in [1.165, 1.54) is 25.7 Å². The topological polar surface area (TPSA) is 116 Å². The maximum absolute atomic E-state index is 13.1. The number of aromatic nitrogens is 4. The van der Waals surface area contributed by atoms with Crippen molar-refractivity contribution in [1.29, 1.82) is 0 Å². The molecule has 9 nitrogen and oxygen atoms in total. The smallest absolute Gasteiger partial charge is 0.272 e. The van der Waals surface area contributed by atoms with E-state index in [0.29, 0.717) is 28.1 Å². The van der Waals surface area contributed by atoms with Crippen LogP contribution in [0.5, 0.6) is 0 Å². The van der Waals surface area contributed by atoms with E-state index in [9.17, 15) is 15.1 Å². The van der Waals surface area contributed by atoms with Crippen molar-refractivity contribution in [3.05, 3.63) is 40.7 Å². The molecule has 1 amide bonds. The van der Waals surface area contributed by atoms with Gasteiger partial charge in [0.15, 0.2) is 18.2 Å². The van der Waals surface area contributed by atoms with Gasteiger partial charge in [0.25, 0.3) is 5.91 Å². The second kappa shape index (κ2) is 6.52. The summed E-state index contributed by atoms with van der Waals surface area (Å²) in [6.07, 6.45) is 4.79. The van der Waals surface area contributed by atoms with E-state index in [-0.39, 0.29) is 5.91 Å².